The van der Waals surface area contributed by atoms with Crippen molar-refractivity contribution in [3.8, 4) is 0 Å². The Morgan fingerprint density at radius 1 is 0.604 bits per heavy atom. The molecule has 0 bridgehead atoms. The lowest BCUT2D eigenvalue weighted by molar-refractivity contribution is -0.111. The molecule has 0 aromatic carbocycles. The SMILES string of the molecule is CCCCCCCCCCCCCCCCCCC1CCCO[Si](C)(CCCSC(=O)CCCCCCCCCCCCCCC)ON1. The maximum absolute atomic E-state index is 12.4. The van der Waals surface area contributed by atoms with E-state index in [9.17, 15) is 4.79 Å². The predicted octanol–water partition coefficient (Wildman–Crippen LogP) is 14.5. The number of carbonyl (C=O) groups excluding carboxylic acids is 1. The molecule has 0 saturated carbocycles. The van der Waals surface area contributed by atoms with Gasteiger partial charge in [0.05, 0.1) is 0 Å². The summed E-state index contributed by atoms with van der Waals surface area (Å²) in [6, 6.07) is 1.42. The molecule has 2 unspecified atom stereocenters. The average molecular weight is 712 g/mol. The summed E-state index contributed by atoms with van der Waals surface area (Å²) in [6.07, 6.45) is 45.5. The lowest BCUT2D eigenvalue weighted by atomic mass is 10.0. The Kier molecular flexibility index (Phi) is 34.1. The van der Waals surface area contributed by atoms with Crippen LogP contribution in [0.15, 0.2) is 0 Å². The molecule has 6 heteroatoms. The standard InChI is InChI=1S/C42H85NO3SSi/c1-4-6-8-10-12-14-16-18-19-20-22-23-25-27-29-31-35-41-36-33-38-45-48(3,46-43-41)40-34-39-47-42(44)37-32-30-28-26-24-21-17-15-13-11-9-7-5-2/h41,43H,4-40H2,1-3H3. The molecule has 1 rings (SSSR count). The van der Waals surface area contributed by atoms with E-state index in [2.05, 4.69) is 25.9 Å². The van der Waals surface area contributed by atoms with E-state index in [1.54, 1.807) is 0 Å². The van der Waals surface area contributed by atoms with Crippen LogP contribution >= 0.6 is 11.8 Å². The number of unbranched alkanes of at least 4 members (excludes halogenated alkanes) is 27. The van der Waals surface area contributed by atoms with Gasteiger partial charge in [-0.25, -0.2) is 5.48 Å². The highest BCUT2D eigenvalue weighted by Gasteiger charge is 2.34. The summed E-state index contributed by atoms with van der Waals surface area (Å²) < 4.78 is 12.6. The summed E-state index contributed by atoms with van der Waals surface area (Å²) in [5.74, 6) is 0.898. The molecule has 0 aromatic rings. The van der Waals surface area contributed by atoms with Crippen molar-refractivity contribution in [2.75, 3.05) is 12.4 Å². The minimum atomic E-state index is -2.22. The summed E-state index contributed by atoms with van der Waals surface area (Å²) in [6.45, 7) is 7.62. The fraction of sp³-hybridized carbons (Fsp3) is 0.976. The second-order valence-electron chi connectivity index (χ2n) is 15.4. The van der Waals surface area contributed by atoms with Gasteiger partial charge in [-0.1, -0.05) is 205 Å². The minimum Gasteiger partial charge on any atom is -0.394 e. The second-order valence-corrected chi connectivity index (χ2v) is 19.9. The van der Waals surface area contributed by atoms with E-state index in [0.717, 1.165) is 50.5 Å². The van der Waals surface area contributed by atoms with E-state index in [0.29, 0.717) is 11.2 Å². The van der Waals surface area contributed by atoms with Crippen LogP contribution < -0.4 is 5.48 Å². The van der Waals surface area contributed by atoms with Crippen molar-refractivity contribution >= 4 is 25.4 Å². The molecule has 0 spiro atoms. The third kappa shape index (κ3) is 30.9. The third-order valence-corrected chi connectivity index (χ3v) is 14.1. The quantitative estimate of drug-likeness (QED) is 0.0524. The van der Waals surface area contributed by atoms with Gasteiger partial charge in [-0.3, -0.25) is 4.79 Å². The molecule has 1 aliphatic heterocycles. The van der Waals surface area contributed by atoms with Crippen LogP contribution in [-0.2, 0) is 13.7 Å². The summed E-state index contributed by atoms with van der Waals surface area (Å²) >= 11 is 1.54. The molecule has 2 atom stereocenters. The highest BCUT2D eigenvalue weighted by molar-refractivity contribution is 8.13. The predicted molar refractivity (Wildman–Crippen MR) is 216 cm³/mol. The number of hydrogen-bond acceptors (Lipinski definition) is 5. The number of thioether (sulfide) groups is 1. The number of carbonyl (C=O) groups is 1. The fourth-order valence-corrected chi connectivity index (χ4v) is 10.3. The Labute approximate surface area is 306 Å². The highest BCUT2D eigenvalue weighted by Crippen LogP contribution is 2.23. The van der Waals surface area contributed by atoms with Crippen molar-refractivity contribution in [2.24, 2.45) is 0 Å². The van der Waals surface area contributed by atoms with Crippen molar-refractivity contribution in [3.63, 3.8) is 0 Å². The molecule has 4 nitrogen and oxygen atoms in total. The van der Waals surface area contributed by atoms with Gasteiger partial charge >= 0.3 is 8.56 Å². The molecule has 1 aliphatic rings. The van der Waals surface area contributed by atoms with E-state index in [1.807, 2.05) is 0 Å². The van der Waals surface area contributed by atoms with Crippen molar-refractivity contribution in [1.82, 2.24) is 5.48 Å². The van der Waals surface area contributed by atoms with E-state index in [-0.39, 0.29) is 0 Å². The lowest BCUT2D eigenvalue weighted by Gasteiger charge is -2.32. The van der Waals surface area contributed by atoms with E-state index in [1.165, 1.54) is 198 Å². The van der Waals surface area contributed by atoms with Crippen LogP contribution in [0.5, 0.6) is 0 Å². The van der Waals surface area contributed by atoms with Gasteiger partial charge in [0.15, 0.2) is 5.12 Å². The lowest BCUT2D eigenvalue weighted by Crippen LogP contribution is -2.48. The maximum atomic E-state index is 12.4. The molecule has 1 fully saturated rings. The molecule has 1 N–H and O–H groups in total. The number of rotatable bonds is 35. The zero-order valence-electron chi connectivity index (χ0n) is 32.9. The maximum Gasteiger partial charge on any atom is 0.355 e. The van der Waals surface area contributed by atoms with Gasteiger partial charge in [0, 0.05) is 24.8 Å². The summed E-state index contributed by atoms with van der Waals surface area (Å²) in [7, 11) is -2.22. The molecule has 1 saturated heterocycles. The average Bonchev–Trinajstić information content (AvgIpc) is 3.08. The first-order chi connectivity index (χ1) is 23.6. The molecule has 0 radical (unpaired) electrons. The van der Waals surface area contributed by atoms with Crippen molar-refractivity contribution in [1.29, 1.82) is 0 Å². The van der Waals surface area contributed by atoms with Crippen LogP contribution in [0.2, 0.25) is 12.6 Å². The monoisotopic (exact) mass is 712 g/mol. The Morgan fingerprint density at radius 3 is 1.48 bits per heavy atom. The highest BCUT2D eigenvalue weighted by atomic mass is 32.2. The van der Waals surface area contributed by atoms with E-state index >= 15 is 0 Å². The third-order valence-electron chi connectivity index (χ3n) is 10.5. The second kappa shape index (κ2) is 35.5. The van der Waals surface area contributed by atoms with Crippen LogP contribution in [0.1, 0.15) is 232 Å². The largest absolute Gasteiger partial charge is 0.394 e. The van der Waals surface area contributed by atoms with Crippen molar-refractivity contribution < 1.29 is 13.7 Å². The summed E-state index contributed by atoms with van der Waals surface area (Å²) in [5.41, 5.74) is 3.44. The Hall–Kier alpha value is 0.117. The van der Waals surface area contributed by atoms with E-state index < -0.39 is 8.56 Å². The van der Waals surface area contributed by atoms with Gasteiger partial charge in [0.25, 0.3) is 0 Å². The molecule has 0 amide bonds. The first kappa shape index (κ1) is 46.1. The minimum absolute atomic E-state index is 0.376. The van der Waals surface area contributed by atoms with Gasteiger partial charge in [-0.15, -0.1) is 0 Å². The topological polar surface area (TPSA) is 47.6 Å². The molecule has 0 aromatic heterocycles. The van der Waals surface area contributed by atoms with Gasteiger partial charge < -0.3 is 8.95 Å². The zero-order chi connectivity index (χ0) is 34.6. The van der Waals surface area contributed by atoms with Crippen LogP contribution in [0.4, 0.5) is 0 Å². The van der Waals surface area contributed by atoms with Crippen LogP contribution in [-0.4, -0.2) is 32.1 Å². The number of nitrogens with one attached hydrogen (secondary N) is 1. The number of hydroxylamine groups is 1. The number of hydrogen-bond donors (Lipinski definition) is 1. The Balaban J connectivity index is 1.94. The molecular formula is C42H85NO3SSi. The van der Waals surface area contributed by atoms with Crippen LogP contribution in [0.25, 0.3) is 0 Å². The molecule has 48 heavy (non-hydrogen) atoms. The van der Waals surface area contributed by atoms with Gasteiger partial charge in [0.2, 0.25) is 0 Å². The van der Waals surface area contributed by atoms with Gasteiger partial charge in [-0.2, -0.15) is 0 Å². The summed E-state index contributed by atoms with van der Waals surface area (Å²) in [5, 5.41) is 0.376. The van der Waals surface area contributed by atoms with Crippen LogP contribution in [0.3, 0.4) is 0 Å². The fourth-order valence-electron chi connectivity index (χ4n) is 7.12. The Morgan fingerprint density at radius 2 is 1.02 bits per heavy atom. The first-order valence-corrected chi connectivity index (χ1v) is 25.3. The summed E-state index contributed by atoms with van der Waals surface area (Å²) in [4.78, 5) is 12.4. The van der Waals surface area contributed by atoms with Crippen LogP contribution in [0, 0.1) is 0 Å². The van der Waals surface area contributed by atoms with Gasteiger partial charge in [-0.05, 0) is 44.7 Å². The molecule has 0 aliphatic carbocycles. The van der Waals surface area contributed by atoms with Crippen molar-refractivity contribution in [3.05, 3.63) is 0 Å². The molecular weight excluding hydrogens is 627 g/mol. The molecule has 1 heterocycles. The zero-order valence-corrected chi connectivity index (χ0v) is 34.7. The van der Waals surface area contributed by atoms with Gasteiger partial charge in [0.1, 0.15) is 0 Å². The normalized spacial score (nSPS) is 18.6. The van der Waals surface area contributed by atoms with E-state index in [4.69, 9.17) is 8.95 Å². The van der Waals surface area contributed by atoms with Crippen molar-refractivity contribution in [2.45, 2.75) is 251 Å². The Bertz CT molecular complexity index is 683. The first-order valence-electron chi connectivity index (χ1n) is 21.8. The smallest absolute Gasteiger partial charge is 0.355 e. The molecule has 286 valence electrons.